The zero-order valence-electron chi connectivity index (χ0n) is 17.4. The summed E-state index contributed by atoms with van der Waals surface area (Å²) >= 11 is 0. The summed E-state index contributed by atoms with van der Waals surface area (Å²) in [6, 6.07) is 11.2. The third-order valence-electron chi connectivity index (χ3n) is 5.62. The number of nitrogens with one attached hydrogen (secondary N) is 2. The molecule has 0 fully saturated rings. The minimum atomic E-state index is -4.44. The predicted molar refractivity (Wildman–Crippen MR) is 113 cm³/mol. The fourth-order valence-electron chi connectivity index (χ4n) is 3.78. The van der Waals surface area contributed by atoms with Crippen LogP contribution < -0.4 is 5.32 Å². The number of carbonyl (C=O) groups is 1. The third-order valence-corrected chi connectivity index (χ3v) is 5.62. The van der Waals surface area contributed by atoms with E-state index in [0.29, 0.717) is 5.56 Å². The Morgan fingerprint density at radius 1 is 1.13 bits per heavy atom. The summed E-state index contributed by atoms with van der Waals surface area (Å²) in [7, 11) is 0. The molecule has 3 nitrogen and oxygen atoms in total. The summed E-state index contributed by atoms with van der Waals surface area (Å²) in [6.45, 7) is 5.94. The lowest BCUT2D eigenvalue weighted by atomic mass is 9.86. The van der Waals surface area contributed by atoms with Crippen LogP contribution in [0.4, 0.5) is 13.2 Å². The Kier molecular flexibility index (Phi) is 6.54. The normalized spacial score (nSPS) is 13.9. The minimum absolute atomic E-state index is 0.00863. The number of alkyl halides is 3. The van der Waals surface area contributed by atoms with Gasteiger partial charge in [-0.05, 0) is 42.5 Å². The van der Waals surface area contributed by atoms with Gasteiger partial charge in [0.05, 0.1) is 5.56 Å². The Morgan fingerprint density at radius 3 is 2.53 bits per heavy atom. The van der Waals surface area contributed by atoms with E-state index in [-0.39, 0.29) is 18.4 Å². The first-order valence-corrected chi connectivity index (χ1v) is 10.3. The smallest absolute Gasteiger partial charge is 0.361 e. The molecule has 1 heterocycles. The summed E-state index contributed by atoms with van der Waals surface area (Å²) in [5, 5.41) is 3.87. The van der Waals surface area contributed by atoms with Crippen LogP contribution in [0.5, 0.6) is 0 Å². The maximum Gasteiger partial charge on any atom is 0.416 e. The number of para-hydroxylation sites is 1. The lowest BCUT2D eigenvalue weighted by Crippen LogP contribution is -2.33. The van der Waals surface area contributed by atoms with Crippen molar-refractivity contribution in [2.24, 2.45) is 0 Å². The number of benzene rings is 2. The van der Waals surface area contributed by atoms with E-state index in [1.54, 1.807) is 6.07 Å². The number of hydrogen-bond donors (Lipinski definition) is 2. The molecule has 6 heteroatoms. The van der Waals surface area contributed by atoms with Gasteiger partial charge in [0.2, 0.25) is 5.91 Å². The molecule has 3 rings (SSSR count). The van der Waals surface area contributed by atoms with Gasteiger partial charge in [0.25, 0.3) is 0 Å². The van der Waals surface area contributed by atoms with Crippen molar-refractivity contribution in [3.05, 3.63) is 70.9 Å². The quantitative estimate of drug-likeness (QED) is 0.474. The standard InChI is InChI=1S/C24H27F3N2O/c1-4-15(3)29-22(30)13-20(17-9-6-10-18(12-17)24(25,26)27)21-14-28-23-16(5-2)8-7-11-19(21)23/h6-12,14-15,20,28H,4-5,13H2,1-3H3,(H,29,30)/t15-,20-/m0/s1. The van der Waals surface area contributed by atoms with Crippen molar-refractivity contribution in [2.75, 3.05) is 0 Å². The van der Waals surface area contributed by atoms with Crippen LogP contribution in [-0.2, 0) is 17.4 Å². The van der Waals surface area contributed by atoms with E-state index in [1.807, 2.05) is 38.2 Å². The Hall–Kier alpha value is -2.76. The van der Waals surface area contributed by atoms with Gasteiger partial charge >= 0.3 is 6.18 Å². The number of hydrogen-bond acceptors (Lipinski definition) is 1. The molecule has 3 aromatic rings. The number of amides is 1. The minimum Gasteiger partial charge on any atom is -0.361 e. The van der Waals surface area contributed by atoms with Crippen LogP contribution in [0.25, 0.3) is 10.9 Å². The topological polar surface area (TPSA) is 44.9 Å². The molecule has 1 amide bonds. The molecule has 2 N–H and O–H groups in total. The van der Waals surface area contributed by atoms with Crippen molar-refractivity contribution >= 4 is 16.8 Å². The Labute approximate surface area is 174 Å². The van der Waals surface area contributed by atoms with E-state index in [2.05, 4.69) is 17.2 Å². The molecule has 2 aromatic carbocycles. The lowest BCUT2D eigenvalue weighted by Gasteiger charge is -2.20. The van der Waals surface area contributed by atoms with E-state index < -0.39 is 17.7 Å². The molecular formula is C24H27F3N2O. The van der Waals surface area contributed by atoms with Crippen molar-refractivity contribution in [3.63, 3.8) is 0 Å². The first-order chi connectivity index (χ1) is 14.2. The average Bonchev–Trinajstić information content (AvgIpc) is 3.15. The largest absolute Gasteiger partial charge is 0.416 e. The monoisotopic (exact) mass is 416 g/mol. The van der Waals surface area contributed by atoms with E-state index in [4.69, 9.17) is 0 Å². The van der Waals surface area contributed by atoms with Gasteiger partial charge in [0.15, 0.2) is 0 Å². The van der Waals surface area contributed by atoms with Crippen LogP contribution in [0, 0.1) is 0 Å². The van der Waals surface area contributed by atoms with Crippen LogP contribution in [-0.4, -0.2) is 16.9 Å². The molecule has 0 spiro atoms. The van der Waals surface area contributed by atoms with Crippen molar-refractivity contribution in [3.8, 4) is 0 Å². The molecule has 2 atom stereocenters. The second-order valence-corrected chi connectivity index (χ2v) is 7.69. The number of carbonyl (C=O) groups excluding carboxylic acids is 1. The van der Waals surface area contributed by atoms with Crippen LogP contribution in [0.3, 0.4) is 0 Å². The molecule has 0 aliphatic rings. The van der Waals surface area contributed by atoms with Crippen LogP contribution in [0.1, 0.15) is 61.8 Å². The molecular weight excluding hydrogens is 389 g/mol. The highest BCUT2D eigenvalue weighted by Crippen LogP contribution is 2.37. The molecule has 1 aromatic heterocycles. The van der Waals surface area contributed by atoms with Gasteiger partial charge in [0, 0.05) is 35.5 Å². The molecule has 0 saturated carbocycles. The summed E-state index contributed by atoms with van der Waals surface area (Å²) < 4.78 is 40.0. The van der Waals surface area contributed by atoms with Gasteiger partial charge in [-0.15, -0.1) is 0 Å². The maximum absolute atomic E-state index is 13.3. The lowest BCUT2D eigenvalue weighted by molar-refractivity contribution is -0.137. The zero-order chi connectivity index (χ0) is 21.9. The number of halogens is 3. The van der Waals surface area contributed by atoms with E-state index in [0.717, 1.165) is 47.0 Å². The third kappa shape index (κ3) is 4.69. The van der Waals surface area contributed by atoms with Gasteiger partial charge < -0.3 is 10.3 Å². The summed E-state index contributed by atoms with van der Waals surface area (Å²) in [4.78, 5) is 16.0. The van der Waals surface area contributed by atoms with Crippen molar-refractivity contribution in [1.29, 1.82) is 0 Å². The molecule has 0 aliphatic heterocycles. The Bertz CT molecular complexity index is 1020. The number of H-pyrrole nitrogens is 1. The SMILES string of the molecule is CCc1cccc2c([C@@H](CC(=O)N[C@@H](C)CC)c3cccc(C(F)(F)F)c3)c[nH]c12. The summed E-state index contributed by atoms with van der Waals surface area (Å²) in [6.07, 6.45) is -0.914. The second kappa shape index (κ2) is 8.94. The molecule has 0 bridgehead atoms. The number of rotatable bonds is 7. The zero-order valence-corrected chi connectivity index (χ0v) is 17.4. The highest BCUT2D eigenvalue weighted by molar-refractivity contribution is 5.88. The molecule has 0 unspecified atom stereocenters. The van der Waals surface area contributed by atoms with E-state index in [1.165, 1.54) is 6.07 Å². The van der Waals surface area contributed by atoms with Gasteiger partial charge in [-0.2, -0.15) is 13.2 Å². The number of aromatic nitrogens is 1. The van der Waals surface area contributed by atoms with Crippen molar-refractivity contribution < 1.29 is 18.0 Å². The Balaban J connectivity index is 2.08. The van der Waals surface area contributed by atoms with E-state index in [9.17, 15) is 18.0 Å². The second-order valence-electron chi connectivity index (χ2n) is 7.69. The summed E-state index contributed by atoms with van der Waals surface area (Å²) in [5.41, 5.74) is 2.70. The highest BCUT2D eigenvalue weighted by atomic mass is 19.4. The maximum atomic E-state index is 13.3. The average molecular weight is 416 g/mol. The van der Waals surface area contributed by atoms with Gasteiger partial charge in [-0.3, -0.25) is 4.79 Å². The Morgan fingerprint density at radius 2 is 1.87 bits per heavy atom. The van der Waals surface area contributed by atoms with Crippen molar-refractivity contribution in [1.82, 2.24) is 10.3 Å². The van der Waals surface area contributed by atoms with Gasteiger partial charge in [0.1, 0.15) is 0 Å². The van der Waals surface area contributed by atoms with Crippen LogP contribution in [0.15, 0.2) is 48.7 Å². The molecule has 0 aliphatic carbocycles. The first kappa shape index (κ1) is 21.9. The predicted octanol–water partition coefficient (Wildman–Crippen LogP) is 6.19. The molecule has 30 heavy (non-hydrogen) atoms. The number of aryl methyl sites for hydroxylation is 1. The van der Waals surface area contributed by atoms with Gasteiger partial charge in [-0.25, -0.2) is 0 Å². The van der Waals surface area contributed by atoms with Crippen LogP contribution >= 0.6 is 0 Å². The van der Waals surface area contributed by atoms with E-state index >= 15 is 0 Å². The van der Waals surface area contributed by atoms with Crippen LogP contribution in [0.2, 0.25) is 0 Å². The van der Waals surface area contributed by atoms with Crippen molar-refractivity contribution in [2.45, 2.75) is 58.2 Å². The fourth-order valence-corrected chi connectivity index (χ4v) is 3.78. The first-order valence-electron chi connectivity index (χ1n) is 10.3. The molecule has 0 saturated heterocycles. The number of aromatic amines is 1. The van der Waals surface area contributed by atoms with Gasteiger partial charge in [-0.1, -0.05) is 50.2 Å². The summed E-state index contributed by atoms with van der Waals surface area (Å²) in [5.74, 6) is -0.662. The number of fused-ring (bicyclic) bond motifs is 1. The molecule has 0 radical (unpaired) electrons. The highest BCUT2D eigenvalue weighted by Gasteiger charge is 2.32. The fraction of sp³-hybridized carbons (Fsp3) is 0.375. The molecule has 160 valence electrons.